The van der Waals surface area contributed by atoms with Gasteiger partial charge in [-0.25, -0.2) is 0 Å². The van der Waals surface area contributed by atoms with Gasteiger partial charge in [-0.2, -0.15) is 11.8 Å². The Bertz CT molecular complexity index is 920. The molecule has 0 amide bonds. The molecule has 4 rings (SSSR count). The molecule has 2 aromatic rings. The van der Waals surface area contributed by atoms with Crippen molar-refractivity contribution in [3.63, 3.8) is 0 Å². The van der Waals surface area contributed by atoms with Gasteiger partial charge in [0, 0.05) is 38.6 Å². The van der Waals surface area contributed by atoms with Crippen molar-refractivity contribution >= 4 is 70.6 Å². The van der Waals surface area contributed by atoms with E-state index in [1.165, 1.54) is 29.4 Å². The quantitative estimate of drug-likeness (QED) is 0.186. The third-order valence-corrected chi connectivity index (χ3v) is 14.6. The van der Waals surface area contributed by atoms with E-state index in [-0.39, 0.29) is 6.10 Å². The number of thioether (sulfide) groups is 5. The van der Waals surface area contributed by atoms with Crippen LogP contribution in [-0.4, -0.2) is 78.8 Å². The summed E-state index contributed by atoms with van der Waals surface area (Å²) in [6.07, 6.45) is 1.88. The Hall–Kier alpha value is 0.0600. The lowest BCUT2D eigenvalue weighted by Crippen LogP contribution is -2.29. The highest BCUT2D eigenvalue weighted by molar-refractivity contribution is 8.20. The van der Waals surface area contributed by atoms with Crippen molar-refractivity contribution in [2.24, 2.45) is 0 Å². The smallest absolute Gasteiger partial charge is 0.122 e. The van der Waals surface area contributed by atoms with Crippen LogP contribution in [0.3, 0.4) is 0 Å². The van der Waals surface area contributed by atoms with E-state index < -0.39 is 12.2 Å². The second-order valence-electron chi connectivity index (χ2n) is 9.18. The van der Waals surface area contributed by atoms with Crippen molar-refractivity contribution in [3.8, 4) is 11.5 Å². The molecule has 0 spiro atoms. The molecule has 2 heterocycles. The highest BCUT2D eigenvalue weighted by atomic mass is 32.2. The van der Waals surface area contributed by atoms with Gasteiger partial charge < -0.3 is 19.7 Å². The number of aliphatic hydroxyl groups excluding tert-OH is 2. The molecule has 0 bridgehead atoms. The summed E-state index contributed by atoms with van der Waals surface area (Å²) in [4.78, 5) is 2.24. The average Bonchev–Trinajstić information content (AvgIpc) is 3.65. The molecule has 210 valence electrons. The molecule has 0 aromatic heterocycles. The van der Waals surface area contributed by atoms with Crippen LogP contribution in [0.5, 0.6) is 11.5 Å². The zero-order chi connectivity index (χ0) is 26.6. The van der Waals surface area contributed by atoms with Gasteiger partial charge in [0.1, 0.15) is 24.2 Å². The first-order valence-electron chi connectivity index (χ1n) is 13.1. The molecule has 0 saturated carbocycles. The van der Waals surface area contributed by atoms with Crippen LogP contribution >= 0.6 is 70.6 Å². The maximum absolute atomic E-state index is 10.5. The van der Waals surface area contributed by atoms with E-state index in [1.54, 1.807) is 11.8 Å². The monoisotopic (exact) mass is 630 g/mol. The van der Waals surface area contributed by atoms with Gasteiger partial charge in [0.05, 0.1) is 21.4 Å². The lowest BCUT2D eigenvalue weighted by atomic mass is 10.1. The topological polar surface area (TPSA) is 58.9 Å². The number of rotatable bonds is 16. The summed E-state index contributed by atoms with van der Waals surface area (Å²) in [5.41, 5.74) is 0. The molecule has 3 unspecified atom stereocenters. The molecule has 2 aliphatic heterocycles. The van der Waals surface area contributed by atoms with E-state index >= 15 is 0 Å². The molecular weight excluding hydrogens is 593 g/mol. The van der Waals surface area contributed by atoms with Crippen LogP contribution in [0.1, 0.15) is 26.2 Å². The SMILES string of the molecule is CC(Oc1ccc(Sc2ccc(OCC(O)CSCCC3SCCS3)cc2)cc1)C(O)CCC1SCCS1. The maximum Gasteiger partial charge on any atom is 0.122 e. The van der Waals surface area contributed by atoms with Crippen molar-refractivity contribution < 1.29 is 19.7 Å². The Morgan fingerprint density at radius 2 is 1.37 bits per heavy atom. The minimum atomic E-state index is -0.452. The molecule has 2 saturated heterocycles. The fourth-order valence-electron chi connectivity index (χ4n) is 3.95. The summed E-state index contributed by atoms with van der Waals surface area (Å²) in [6.45, 7) is 2.26. The second kappa shape index (κ2) is 17.1. The van der Waals surface area contributed by atoms with Crippen LogP contribution in [0.15, 0.2) is 58.3 Å². The predicted molar refractivity (Wildman–Crippen MR) is 173 cm³/mol. The molecule has 4 nitrogen and oxygen atoms in total. The average molecular weight is 631 g/mol. The van der Waals surface area contributed by atoms with E-state index in [0.717, 1.165) is 44.5 Å². The molecule has 2 aliphatic rings. The Balaban J connectivity index is 1.12. The summed E-state index contributed by atoms with van der Waals surface area (Å²) in [7, 11) is 0. The number of hydrogen-bond donors (Lipinski definition) is 2. The van der Waals surface area contributed by atoms with Crippen molar-refractivity contribution in [2.45, 2.75) is 63.5 Å². The van der Waals surface area contributed by atoms with Gasteiger partial charge in [0.15, 0.2) is 0 Å². The third kappa shape index (κ3) is 11.1. The fourth-order valence-corrected chi connectivity index (χ4v) is 11.7. The van der Waals surface area contributed by atoms with Crippen molar-refractivity contribution in [1.29, 1.82) is 0 Å². The third-order valence-electron chi connectivity index (χ3n) is 6.08. The minimum Gasteiger partial charge on any atom is -0.491 e. The molecule has 38 heavy (non-hydrogen) atoms. The predicted octanol–water partition coefficient (Wildman–Crippen LogP) is 7.22. The summed E-state index contributed by atoms with van der Waals surface area (Å²) in [5, 5.41) is 20.7. The van der Waals surface area contributed by atoms with E-state index in [2.05, 4.69) is 23.5 Å². The van der Waals surface area contributed by atoms with Gasteiger partial charge in [-0.3, -0.25) is 0 Å². The number of aliphatic hydroxyl groups is 2. The molecule has 2 fully saturated rings. The molecule has 0 aliphatic carbocycles. The van der Waals surface area contributed by atoms with Gasteiger partial charge in [0.2, 0.25) is 0 Å². The van der Waals surface area contributed by atoms with Gasteiger partial charge in [-0.1, -0.05) is 11.8 Å². The van der Waals surface area contributed by atoms with E-state index in [1.807, 2.05) is 90.7 Å². The Labute approximate surface area is 253 Å². The summed E-state index contributed by atoms with van der Waals surface area (Å²) >= 11 is 11.6. The number of hydrogen-bond acceptors (Lipinski definition) is 10. The van der Waals surface area contributed by atoms with Crippen LogP contribution in [0.2, 0.25) is 0 Å². The standard InChI is InChI=1S/C28H38O4S6/c1-20(26(30)10-11-27-34-14-15-35-27)32-23-4-8-25(9-5-23)38-24-6-2-22(3-7-24)31-18-21(29)19-33-13-12-28-36-16-17-37-28/h2-9,20-21,26-30H,10-19H2,1H3. The van der Waals surface area contributed by atoms with Crippen LogP contribution in [0, 0.1) is 0 Å². The normalized spacial score (nSPS) is 18.9. The van der Waals surface area contributed by atoms with Crippen LogP contribution < -0.4 is 9.47 Å². The number of ether oxygens (including phenoxy) is 2. The highest BCUT2D eigenvalue weighted by Gasteiger charge is 2.21. The van der Waals surface area contributed by atoms with Crippen LogP contribution in [0.4, 0.5) is 0 Å². The van der Waals surface area contributed by atoms with Crippen molar-refractivity contribution in [2.75, 3.05) is 41.1 Å². The Morgan fingerprint density at radius 3 is 1.97 bits per heavy atom. The lowest BCUT2D eigenvalue weighted by molar-refractivity contribution is 0.0412. The molecular formula is C28H38O4S6. The molecule has 3 atom stereocenters. The Kier molecular flexibility index (Phi) is 14.0. The largest absolute Gasteiger partial charge is 0.491 e. The molecule has 2 N–H and O–H groups in total. The van der Waals surface area contributed by atoms with Gasteiger partial charge in [0.25, 0.3) is 0 Å². The summed E-state index contributed by atoms with van der Waals surface area (Å²) < 4.78 is 13.2. The lowest BCUT2D eigenvalue weighted by Gasteiger charge is -2.21. The first-order valence-corrected chi connectivity index (χ1v) is 19.3. The van der Waals surface area contributed by atoms with E-state index in [0.29, 0.717) is 16.9 Å². The van der Waals surface area contributed by atoms with Crippen LogP contribution in [0.25, 0.3) is 0 Å². The van der Waals surface area contributed by atoms with E-state index in [4.69, 9.17) is 9.47 Å². The summed E-state index contributed by atoms with van der Waals surface area (Å²) in [5.74, 6) is 8.37. The second-order valence-corrected chi connectivity index (χ2v) is 17.3. The molecule has 2 aromatic carbocycles. The first-order chi connectivity index (χ1) is 18.5. The summed E-state index contributed by atoms with van der Waals surface area (Å²) in [6, 6.07) is 16.0. The molecule has 10 heteroatoms. The minimum absolute atomic E-state index is 0.232. The number of benzene rings is 2. The maximum atomic E-state index is 10.5. The van der Waals surface area contributed by atoms with Crippen molar-refractivity contribution in [3.05, 3.63) is 48.5 Å². The molecule has 0 radical (unpaired) electrons. The van der Waals surface area contributed by atoms with Gasteiger partial charge >= 0.3 is 0 Å². The zero-order valence-corrected chi connectivity index (χ0v) is 26.6. The van der Waals surface area contributed by atoms with Gasteiger partial charge in [-0.05, 0) is 80.5 Å². The van der Waals surface area contributed by atoms with Crippen molar-refractivity contribution in [1.82, 2.24) is 0 Å². The Morgan fingerprint density at radius 1 is 0.816 bits per heavy atom. The fraction of sp³-hybridized carbons (Fsp3) is 0.571. The zero-order valence-electron chi connectivity index (χ0n) is 21.7. The van der Waals surface area contributed by atoms with E-state index in [9.17, 15) is 10.2 Å². The highest BCUT2D eigenvalue weighted by Crippen LogP contribution is 2.36. The van der Waals surface area contributed by atoms with Crippen LogP contribution in [-0.2, 0) is 0 Å². The first kappa shape index (κ1) is 31.0. The van der Waals surface area contributed by atoms with Gasteiger partial charge in [-0.15, -0.1) is 47.0 Å².